The number of hydrogen-bond acceptors (Lipinski definition) is 5. The first-order chi connectivity index (χ1) is 10.6. The number of carbonyl (C=O) groups is 2. The first kappa shape index (κ1) is 14.5. The molecule has 0 saturated heterocycles. The van der Waals surface area contributed by atoms with Gasteiger partial charge in [-0.3, -0.25) is 0 Å². The Morgan fingerprint density at radius 1 is 1.05 bits per heavy atom. The van der Waals surface area contributed by atoms with Crippen LogP contribution in [0.5, 0.6) is 0 Å². The SMILES string of the molecule is COC(=O)c1cc(C)c2sc3ccccc3c2c1C(=O)OC. The molecule has 0 fully saturated rings. The summed E-state index contributed by atoms with van der Waals surface area (Å²) in [5.41, 5.74) is 1.44. The Bertz CT molecular complexity index is 908. The molecule has 5 heteroatoms. The predicted molar refractivity (Wildman–Crippen MR) is 86.7 cm³/mol. The van der Waals surface area contributed by atoms with Crippen LogP contribution in [-0.4, -0.2) is 26.2 Å². The Morgan fingerprint density at radius 3 is 2.41 bits per heavy atom. The molecule has 0 radical (unpaired) electrons. The van der Waals surface area contributed by atoms with Crippen LogP contribution in [0.4, 0.5) is 0 Å². The highest BCUT2D eigenvalue weighted by molar-refractivity contribution is 7.26. The van der Waals surface area contributed by atoms with Gasteiger partial charge < -0.3 is 9.47 Å². The normalized spacial score (nSPS) is 10.9. The van der Waals surface area contributed by atoms with E-state index in [2.05, 4.69) is 0 Å². The van der Waals surface area contributed by atoms with E-state index in [0.717, 1.165) is 25.7 Å². The first-order valence-electron chi connectivity index (χ1n) is 6.70. The van der Waals surface area contributed by atoms with Gasteiger partial charge in [-0.25, -0.2) is 9.59 Å². The number of fused-ring (bicyclic) bond motifs is 3. The molecule has 0 N–H and O–H groups in total. The van der Waals surface area contributed by atoms with E-state index in [0.29, 0.717) is 0 Å². The largest absolute Gasteiger partial charge is 0.465 e. The van der Waals surface area contributed by atoms with Crippen LogP contribution in [0.25, 0.3) is 20.2 Å². The zero-order valence-corrected chi connectivity index (χ0v) is 13.2. The summed E-state index contributed by atoms with van der Waals surface area (Å²) < 4.78 is 11.8. The van der Waals surface area contributed by atoms with Crippen molar-refractivity contribution < 1.29 is 19.1 Å². The molecule has 4 nitrogen and oxygen atoms in total. The van der Waals surface area contributed by atoms with Crippen molar-refractivity contribution in [3.05, 3.63) is 47.0 Å². The third kappa shape index (κ3) is 2.05. The maximum atomic E-state index is 12.3. The summed E-state index contributed by atoms with van der Waals surface area (Å²) in [7, 11) is 2.61. The number of benzene rings is 2. The molecule has 22 heavy (non-hydrogen) atoms. The van der Waals surface area contributed by atoms with Crippen LogP contribution in [0.1, 0.15) is 26.3 Å². The van der Waals surface area contributed by atoms with Crippen molar-refractivity contribution in [1.29, 1.82) is 0 Å². The average molecular weight is 314 g/mol. The molecule has 0 atom stereocenters. The van der Waals surface area contributed by atoms with Crippen molar-refractivity contribution in [1.82, 2.24) is 0 Å². The zero-order valence-electron chi connectivity index (χ0n) is 12.4. The van der Waals surface area contributed by atoms with E-state index in [1.54, 1.807) is 17.4 Å². The number of hydrogen-bond donors (Lipinski definition) is 0. The fourth-order valence-electron chi connectivity index (χ4n) is 2.65. The third-order valence-corrected chi connectivity index (χ3v) is 4.93. The number of methoxy groups -OCH3 is 2. The maximum Gasteiger partial charge on any atom is 0.339 e. The lowest BCUT2D eigenvalue weighted by Gasteiger charge is -2.10. The minimum Gasteiger partial charge on any atom is -0.465 e. The van der Waals surface area contributed by atoms with Gasteiger partial charge in [0, 0.05) is 20.2 Å². The van der Waals surface area contributed by atoms with Gasteiger partial charge in [-0.05, 0) is 24.6 Å². The van der Waals surface area contributed by atoms with Gasteiger partial charge in [0.25, 0.3) is 0 Å². The summed E-state index contributed by atoms with van der Waals surface area (Å²) in [6, 6.07) is 9.50. The molecule has 3 aromatic rings. The van der Waals surface area contributed by atoms with Gasteiger partial charge in [0.05, 0.1) is 25.3 Å². The molecule has 1 heterocycles. The molecular weight excluding hydrogens is 300 g/mol. The van der Waals surface area contributed by atoms with Crippen LogP contribution >= 0.6 is 11.3 Å². The Morgan fingerprint density at radius 2 is 1.73 bits per heavy atom. The van der Waals surface area contributed by atoms with Crippen LogP contribution in [0.3, 0.4) is 0 Å². The van der Waals surface area contributed by atoms with Crippen molar-refractivity contribution in [2.75, 3.05) is 14.2 Å². The number of carbonyl (C=O) groups excluding carboxylic acids is 2. The molecule has 0 aliphatic heterocycles. The minimum absolute atomic E-state index is 0.239. The summed E-state index contributed by atoms with van der Waals surface area (Å²) in [6.45, 7) is 1.92. The molecule has 112 valence electrons. The molecule has 0 unspecified atom stereocenters. The molecule has 0 aliphatic carbocycles. The standard InChI is InChI=1S/C17H14O4S/c1-9-8-11(16(18)20-2)14(17(19)21-3)13-10-6-4-5-7-12(10)22-15(9)13/h4-8H,1-3H3. The highest BCUT2D eigenvalue weighted by atomic mass is 32.1. The van der Waals surface area contributed by atoms with Crippen molar-refractivity contribution in [3.8, 4) is 0 Å². The fourth-order valence-corrected chi connectivity index (χ4v) is 3.83. The van der Waals surface area contributed by atoms with E-state index in [1.165, 1.54) is 14.2 Å². The van der Waals surface area contributed by atoms with Gasteiger partial charge in [-0.2, -0.15) is 0 Å². The maximum absolute atomic E-state index is 12.3. The number of esters is 2. The molecule has 0 aliphatic rings. The molecule has 0 spiro atoms. The third-order valence-electron chi connectivity index (χ3n) is 3.63. The zero-order chi connectivity index (χ0) is 15.9. The second-order valence-electron chi connectivity index (χ2n) is 4.90. The second-order valence-corrected chi connectivity index (χ2v) is 5.95. The van der Waals surface area contributed by atoms with Gasteiger partial charge in [0.1, 0.15) is 0 Å². The Labute approximate surface area is 131 Å². The molecule has 0 bridgehead atoms. The van der Waals surface area contributed by atoms with Crippen LogP contribution in [-0.2, 0) is 9.47 Å². The van der Waals surface area contributed by atoms with Gasteiger partial charge in [-0.15, -0.1) is 11.3 Å². The molecular formula is C17H14O4S. The predicted octanol–water partition coefficient (Wildman–Crippen LogP) is 3.94. The number of aryl methyl sites for hydroxylation is 1. The Hall–Kier alpha value is -2.40. The van der Waals surface area contributed by atoms with Crippen molar-refractivity contribution >= 4 is 43.4 Å². The minimum atomic E-state index is -0.541. The van der Waals surface area contributed by atoms with E-state index < -0.39 is 11.9 Å². The van der Waals surface area contributed by atoms with Crippen molar-refractivity contribution in [2.24, 2.45) is 0 Å². The highest BCUT2D eigenvalue weighted by Gasteiger charge is 2.25. The molecule has 0 amide bonds. The smallest absolute Gasteiger partial charge is 0.339 e. The summed E-state index contributed by atoms with van der Waals surface area (Å²) in [5.74, 6) is -1.07. The molecule has 2 aromatic carbocycles. The van der Waals surface area contributed by atoms with E-state index in [4.69, 9.17) is 9.47 Å². The van der Waals surface area contributed by atoms with Crippen molar-refractivity contribution in [3.63, 3.8) is 0 Å². The van der Waals surface area contributed by atoms with Gasteiger partial charge >= 0.3 is 11.9 Å². The van der Waals surface area contributed by atoms with Crippen LogP contribution in [0.15, 0.2) is 30.3 Å². The number of ether oxygens (including phenoxy) is 2. The lowest BCUT2D eigenvalue weighted by molar-refractivity contribution is 0.0557. The number of rotatable bonds is 2. The van der Waals surface area contributed by atoms with Crippen LogP contribution < -0.4 is 0 Å². The average Bonchev–Trinajstić information content (AvgIpc) is 2.93. The summed E-state index contributed by atoms with van der Waals surface area (Å²) >= 11 is 1.60. The quantitative estimate of drug-likeness (QED) is 0.672. The van der Waals surface area contributed by atoms with Gasteiger partial charge in [0.2, 0.25) is 0 Å². The first-order valence-corrected chi connectivity index (χ1v) is 7.51. The summed E-state index contributed by atoms with van der Waals surface area (Å²) in [6.07, 6.45) is 0. The van der Waals surface area contributed by atoms with Crippen LogP contribution in [0, 0.1) is 6.92 Å². The fraction of sp³-hybridized carbons (Fsp3) is 0.176. The lowest BCUT2D eigenvalue weighted by atomic mass is 9.97. The molecule has 0 saturated carbocycles. The second kappa shape index (κ2) is 5.42. The number of thiophene rings is 1. The lowest BCUT2D eigenvalue weighted by Crippen LogP contribution is -2.12. The summed E-state index contributed by atoms with van der Waals surface area (Å²) in [4.78, 5) is 24.4. The van der Waals surface area contributed by atoms with E-state index in [9.17, 15) is 9.59 Å². The van der Waals surface area contributed by atoms with E-state index in [-0.39, 0.29) is 11.1 Å². The monoisotopic (exact) mass is 314 g/mol. The Kier molecular flexibility index (Phi) is 3.58. The van der Waals surface area contributed by atoms with Crippen molar-refractivity contribution in [2.45, 2.75) is 6.92 Å². The van der Waals surface area contributed by atoms with E-state index >= 15 is 0 Å². The summed E-state index contributed by atoms with van der Waals surface area (Å²) in [5, 5.41) is 1.70. The molecule has 1 aromatic heterocycles. The highest BCUT2D eigenvalue weighted by Crippen LogP contribution is 2.39. The topological polar surface area (TPSA) is 52.6 Å². The molecule has 3 rings (SSSR count). The van der Waals surface area contributed by atoms with Gasteiger partial charge in [-0.1, -0.05) is 18.2 Å². The van der Waals surface area contributed by atoms with E-state index in [1.807, 2.05) is 31.2 Å². The van der Waals surface area contributed by atoms with Gasteiger partial charge in [0.15, 0.2) is 0 Å². The Balaban J connectivity index is 2.54. The van der Waals surface area contributed by atoms with Crippen LogP contribution in [0.2, 0.25) is 0 Å².